The lowest BCUT2D eigenvalue weighted by molar-refractivity contribution is -0.113. The largest absolute Gasteiger partial charge is 0.324 e. The smallest absolute Gasteiger partial charge is 0.238 e. The first-order chi connectivity index (χ1) is 17.1. The first kappa shape index (κ1) is 25.2. The predicted molar refractivity (Wildman–Crippen MR) is 145 cm³/mol. The molecule has 0 atom stereocenters. The van der Waals surface area contributed by atoms with Gasteiger partial charge in [-0.05, 0) is 76.3 Å². The number of anilines is 1. The Morgan fingerprint density at radius 2 is 1.92 bits per heavy atom. The SMILES string of the molecule is Cc1cc(C2CC2)c2ccccc2c1-n1c(Br)nnc1SCC(=O)Nc1ccc(S(N)(=O)=O)cc1Cl. The number of primary sulfonamides is 1. The lowest BCUT2D eigenvalue weighted by Crippen LogP contribution is -2.16. The normalized spacial score (nSPS) is 13.8. The highest BCUT2D eigenvalue weighted by Gasteiger charge is 2.27. The number of halogens is 2. The molecule has 36 heavy (non-hydrogen) atoms. The monoisotopic (exact) mass is 605 g/mol. The second-order valence-electron chi connectivity index (χ2n) is 8.56. The molecule has 0 unspecified atom stereocenters. The number of hydrogen-bond acceptors (Lipinski definition) is 6. The summed E-state index contributed by atoms with van der Waals surface area (Å²) in [6.07, 6.45) is 2.42. The third-order valence-corrected chi connectivity index (χ3v) is 8.61. The van der Waals surface area contributed by atoms with Crippen LogP contribution in [-0.4, -0.2) is 34.8 Å². The number of amides is 1. The summed E-state index contributed by atoms with van der Waals surface area (Å²) in [7, 11) is -3.89. The number of hydrogen-bond donors (Lipinski definition) is 2. The molecule has 1 aliphatic rings. The molecule has 3 N–H and O–H groups in total. The molecule has 0 aliphatic heterocycles. The Bertz CT molecular complexity index is 1620. The maximum atomic E-state index is 12.7. The van der Waals surface area contributed by atoms with Crippen LogP contribution in [0.25, 0.3) is 16.5 Å². The maximum absolute atomic E-state index is 12.7. The third-order valence-electron chi connectivity index (χ3n) is 5.95. The summed E-state index contributed by atoms with van der Waals surface area (Å²) in [5.74, 6) is 0.312. The molecular weight excluding hydrogens is 586 g/mol. The Kier molecular flexibility index (Phi) is 6.86. The number of benzene rings is 3. The highest BCUT2D eigenvalue weighted by atomic mass is 79.9. The minimum atomic E-state index is -3.89. The first-order valence-electron chi connectivity index (χ1n) is 11.0. The number of carbonyl (C=O) groups is 1. The Morgan fingerprint density at radius 1 is 1.19 bits per heavy atom. The highest BCUT2D eigenvalue weighted by Crippen LogP contribution is 2.45. The van der Waals surface area contributed by atoms with Crippen molar-refractivity contribution in [2.24, 2.45) is 5.14 Å². The van der Waals surface area contributed by atoms with Crippen LogP contribution in [0.5, 0.6) is 0 Å². The van der Waals surface area contributed by atoms with Crippen molar-refractivity contribution in [3.8, 4) is 5.69 Å². The fourth-order valence-corrected chi connectivity index (χ4v) is 6.30. The fraction of sp³-hybridized carbons (Fsp3) is 0.208. The van der Waals surface area contributed by atoms with E-state index in [0.29, 0.717) is 15.8 Å². The van der Waals surface area contributed by atoms with Crippen molar-refractivity contribution in [2.75, 3.05) is 11.1 Å². The van der Waals surface area contributed by atoms with Crippen molar-refractivity contribution < 1.29 is 13.2 Å². The molecule has 1 aliphatic carbocycles. The number of thioether (sulfide) groups is 1. The number of nitrogens with zero attached hydrogens (tertiary/aromatic N) is 3. The van der Waals surface area contributed by atoms with Crippen molar-refractivity contribution in [1.29, 1.82) is 0 Å². The summed E-state index contributed by atoms with van der Waals surface area (Å²) in [6.45, 7) is 2.08. The fourth-order valence-electron chi connectivity index (χ4n) is 4.19. The summed E-state index contributed by atoms with van der Waals surface area (Å²) in [4.78, 5) is 12.5. The van der Waals surface area contributed by atoms with Gasteiger partial charge < -0.3 is 5.32 Å². The number of aromatic nitrogens is 3. The molecule has 1 fully saturated rings. The maximum Gasteiger partial charge on any atom is 0.238 e. The van der Waals surface area contributed by atoms with E-state index in [9.17, 15) is 13.2 Å². The topological polar surface area (TPSA) is 120 Å². The van der Waals surface area contributed by atoms with E-state index in [0.717, 1.165) is 16.6 Å². The van der Waals surface area contributed by atoms with Gasteiger partial charge in [0, 0.05) is 5.39 Å². The lowest BCUT2D eigenvalue weighted by atomic mass is 9.96. The minimum absolute atomic E-state index is 0.0372. The number of aryl methyl sites for hydroxylation is 1. The van der Waals surface area contributed by atoms with E-state index in [-0.39, 0.29) is 27.3 Å². The van der Waals surface area contributed by atoms with Crippen molar-refractivity contribution in [3.05, 3.63) is 69.4 Å². The molecule has 8 nitrogen and oxygen atoms in total. The third kappa shape index (κ3) is 5.03. The number of sulfonamides is 1. The van der Waals surface area contributed by atoms with Crippen molar-refractivity contribution in [2.45, 2.75) is 35.7 Å². The van der Waals surface area contributed by atoms with Gasteiger partial charge in [-0.3, -0.25) is 9.36 Å². The summed E-state index contributed by atoms with van der Waals surface area (Å²) >= 11 is 10.9. The van der Waals surface area contributed by atoms with Crippen LogP contribution in [0.1, 0.15) is 29.9 Å². The molecule has 0 radical (unpaired) electrons. The molecule has 4 aromatic rings. The van der Waals surface area contributed by atoms with Crippen molar-refractivity contribution in [3.63, 3.8) is 0 Å². The standard InChI is InChI=1S/C24H21BrClN5O3S2/c1-13-10-18(14-6-7-14)16-4-2-3-5-17(16)22(13)31-23(25)29-30-24(31)35-12-21(32)28-20-9-8-15(11-19(20)26)36(27,33)34/h2-5,8-11,14H,6-7,12H2,1H3,(H,28,32)(H2,27,33,34). The molecule has 1 saturated carbocycles. The predicted octanol–water partition coefficient (Wildman–Crippen LogP) is 5.40. The molecule has 0 bridgehead atoms. The summed E-state index contributed by atoms with van der Waals surface area (Å²) < 4.78 is 25.5. The zero-order valence-corrected chi connectivity index (χ0v) is 23.0. The minimum Gasteiger partial charge on any atom is -0.324 e. The summed E-state index contributed by atoms with van der Waals surface area (Å²) in [5, 5.41) is 19.3. The van der Waals surface area contributed by atoms with Crippen LogP contribution in [0.2, 0.25) is 5.02 Å². The van der Waals surface area contributed by atoms with Gasteiger partial charge in [-0.1, -0.05) is 53.7 Å². The summed E-state index contributed by atoms with van der Waals surface area (Å²) in [6, 6.07) is 14.5. The van der Waals surface area contributed by atoms with Crippen LogP contribution in [0.15, 0.2) is 63.3 Å². The van der Waals surface area contributed by atoms with Gasteiger partial charge >= 0.3 is 0 Å². The van der Waals surface area contributed by atoms with Crippen molar-refractivity contribution >= 4 is 71.7 Å². The van der Waals surface area contributed by atoms with Crippen LogP contribution in [0.3, 0.4) is 0 Å². The molecule has 5 rings (SSSR count). The van der Waals surface area contributed by atoms with Gasteiger partial charge in [0.15, 0.2) is 5.16 Å². The second kappa shape index (κ2) is 9.79. The molecular formula is C24H21BrClN5O3S2. The molecule has 1 aromatic heterocycles. The van der Waals surface area contributed by atoms with Gasteiger partial charge in [-0.2, -0.15) is 0 Å². The molecule has 12 heteroatoms. The first-order valence-corrected chi connectivity index (χ1v) is 14.7. The molecule has 1 amide bonds. The Balaban J connectivity index is 1.40. The molecule has 186 valence electrons. The number of nitrogens with two attached hydrogens (primary N) is 1. The van der Waals surface area contributed by atoms with Gasteiger partial charge in [-0.25, -0.2) is 13.6 Å². The molecule has 1 heterocycles. The number of rotatable bonds is 7. The zero-order valence-electron chi connectivity index (χ0n) is 19.0. The quantitative estimate of drug-likeness (QED) is 0.272. The number of fused-ring (bicyclic) bond motifs is 1. The van der Waals surface area contributed by atoms with E-state index in [1.807, 2.05) is 10.6 Å². The van der Waals surface area contributed by atoms with E-state index < -0.39 is 10.0 Å². The van der Waals surface area contributed by atoms with Crippen LogP contribution in [0, 0.1) is 6.92 Å². The zero-order chi connectivity index (χ0) is 25.6. The van der Waals surface area contributed by atoms with Crippen molar-refractivity contribution in [1.82, 2.24) is 14.8 Å². The second-order valence-corrected chi connectivity index (χ2v) is 12.2. The van der Waals surface area contributed by atoms with E-state index in [2.05, 4.69) is 62.6 Å². The van der Waals surface area contributed by atoms with Crippen LogP contribution in [-0.2, 0) is 14.8 Å². The number of carbonyl (C=O) groups excluding carboxylic acids is 1. The lowest BCUT2D eigenvalue weighted by Gasteiger charge is -2.17. The average Bonchev–Trinajstić information content (AvgIpc) is 3.61. The van der Waals surface area contributed by atoms with Gasteiger partial charge in [-0.15, -0.1) is 10.2 Å². The molecule has 3 aromatic carbocycles. The van der Waals surface area contributed by atoms with E-state index in [1.165, 1.54) is 53.8 Å². The average molecular weight is 607 g/mol. The summed E-state index contributed by atoms with van der Waals surface area (Å²) in [5.41, 5.74) is 3.73. The Hall–Kier alpha value is -2.44. The van der Waals surface area contributed by atoms with E-state index in [4.69, 9.17) is 16.7 Å². The van der Waals surface area contributed by atoms with Gasteiger partial charge in [0.2, 0.25) is 20.7 Å². The molecule has 0 saturated heterocycles. The van der Waals surface area contributed by atoms with Crippen LogP contribution >= 0.6 is 39.3 Å². The van der Waals surface area contributed by atoms with E-state index >= 15 is 0 Å². The van der Waals surface area contributed by atoms with Crippen LogP contribution < -0.4 is 10.5 Å². The van der Waals surface area contributed by atoms with Crippen LogP contribution in [0.4, 0.5) is 5.69 Å². The Morgan fingerprint density at radius 3 is 2.58 bits per heavy atom. The van der Waals surface area contributed by atoms with Gasteiger partial charge in [0.1, 0.15) is 0 Å². The van der Waals surface area contributed by atoms with E-state index in [1.54, 1.807) is 0 Å². The van der Waals surface area contributed by atoms with Gasteiger partial charge in [0.05, 0.1) is 27.0 Å². The molecule has 0 spiro atoms. The Labute approximate surface area is 225 Å². The highest BCUT2D eigenvalue weighted by molar-refractivity contribution is 9.10. The number of nitrogens with one attached hydrogen (secondary N) is 1. The van der Waals surface area contributed by atoms with Gasteiger partial charge in [0.25, 0.3) is 0 Å².